The van der Waals surface area contributed by atoms with Gasteiger partial charge in [0.25, 0.3) is 0 Å². The number of hydrogen-bond donors (Lipinski definition) is 0. The van der Waals surface area contributed by atoms with Gasteiger partial charge in [0.1, 0.15) is 5.78 Å². The Kier molecular flexibility index (Phi) is 4.88. The van der Waals surface area contributed by atoms with Crippen LogP contribution in [0.15, 0.2) is 11.9 Å². The largest absolute Gasteiger partial charge is 0.300 e. The van der Waals surface area contributed by atoms with Crippen molar-refractivity contribution in [2.45, 2.75) is 76.8 Å². The van der Waals surface area contributed by atoms with E-state index < -0.39 is 7.44 Å². The molecule has 2 saturated carbocycles. The Bertz CT molecular complexity index is 525. The molecule has 3 atom stereocenters. The van der Waals surface area contributed by atoms with Crippen LogP contribution in [-0.2, 0) is 9.36 Å². The first-order chi connectivity index (χ1) is 10.9. The Morgan fingerprint density at radius 2 is 1.78 bits per heavy atom. The third-order valence-electron chi connectivity index (χ3n) is 6.33. The molecule has 0 aromatic heterocycles. The number of likely N-dealkylation sites (N-methyl/N-ethyl adjacent to an activating group) is 2. The van der Waals surface area contributed by atoms with Gasteiger partial charge in [0.05, 0.1) is 0 Å². The van der Waals surface area contributed by atoms with Crippen LogP contribution < -0.4 is 0 Å². The summed E-state index contributed by atoms with van der Waals surface area (Å²) in [6, 6.07) is 0.882. The van der Waals surface area contributed by atoms with Crippen LogP contribution in [0.5, 0.6) is 0 Å². The Morgan fingerprint density at radius 3 is 2.35 bits per heavy atom. The molecule has 1 heterocycles. The van der Waals surface area contributed by atoms with Gasteiger partial charge >= 0.3 is 0 Å². The molecule has 0 amide bonds. The van der Waals surface area contributed by atoms with E-state index in [0.29, 0.717) is 24.3 Å². The normalized spacial score (nSPS) is 39.0. The van der Waals surface area contributed by atoms with Crippen molar-refractivity contribution in [1.82, 2.24) is 9.34 Å². The predicted octanol–water partition coefficient (Wildman–Crippen LogP) is 4.42. The third-order valence-corrected chi connectivity index (χ3v) is 9.33. The van der Waals surface area contributed by atoms with E-state index in [9.17, 15) is 9.36 Å². The van der Waals surface area contributed by atoms with E-state index >= 15 is 0 Å². The maximum Gasteiger partial charge on any atom is 0.238 e. The first-order valence-electron chi connectivity index (χ1n) is 9.11. The van der Waals surface area contributed by atoms with Crippen LogP contribution in [0.4, 0.5) is 0 Å². The average molecular weight is 338 g/mol. The second-order valence-electron chi connectivity index (χ2n) is 8.12. The molecule has 0 aromatic rings. The fourth-order valence-electron chi connectivity index (χ4n) is 4.84. The van der Waals surface area contributed by atoms with E-state index in [1.807, 2.05) is 19.9 Å². The summed E-state index contributed by atoms with van der Waals surface area (Å²) in [5.74, 6) is 2.36. The van der Waals surface area contributed by atoms with Gasteiger partial charge in [0, 0.05) is 30.7 Å². The van der Waals surface area contributed by atoms with Crippen molar-refractivity contribution in [1.29, 1.82) is 0 Å². The second-order valence-corrected chi connectivity index (χ2v) is 10.9. The average Bonchev–Trinajstić information content (AvgIpc) is 2.70. The number of Topliss-reactive ketones (excluding diaryl/α,β-unsaturated/α-hetero) is 1. The minimum atomic E-state index is -2.57. The summed E-state index contributed by atoms with van der Waals surface area (Å²) in [4.78, 5) is 11.7. The topological polar surface area (TPSA) is 40.6 Å². The third kappa shape index (κ3) is 3.23. The first kappa shape index (κ1) is 17.4. The van der Waals surface area contributed by atoms with Gasteiger partial charge in [-0.05, 0) is 51.6 Å². The van der Waals surface area contributed by atoms with Gasteiger partial charge in [-0.15, -0.1) is 0 Å². The van der Waals surface area contributed by atoms with Gasteiger partial charge in [-0.25, -0.2) is 9.34 Å². The van der Waals surface area contributed by atoms with Gasteiger partial charge in [0.15, 0.2) is 0 Å². The molecule has 2 aliphatic carbocycles. The van der Waals surface area contributed by atoms with E-state index in [2.05, 4.69) is 22.3 Å². The number of nitrogens with zero attached hydrogens (tertiary/aromatic N) is 2. The van der Waals surface area contributed by atoms with Crippen LogP contribution >= 0.6 is 7.44 Å². The zero-order valence-corrected chi connectivity index (χ0v) is 15.7. The molecule has 0 spiro atoms. The van der Waals surface area contributed by atoms with Crippen LogP contribution in [0.1, 0.15) is 64.7 Å². The van der Waals surface area contributed by atoms with E-state index in [0.717, 1.165) is 38.5 Å². The SMILES string of the molecule is CN1[C@@H]2CCCC[C@H]2N(C)P1(=O)/C=C/C[C@]1(C)CCCC(=O)C1. The Labute approximate surface area is 140 Å². The maximum atomic E-state index is 13.6. The zero-order chi connectivity index (χ0) is 16.7. The van der Waals surface area contributed by atoms with Gasteiger partial charge in [-0.1, -0.05) is 25.8 Å². The number of hydrogen-bond acceptors (Lipinski definition) is 2. The summed E-state index contributed by atoms with van der Waals surface area (Å²) < 4.78 is 17.8. The van der Waals surface area contributed by atoms with Gasteiger partial charge in [-0.3, -0.25) is 9.36 Å². The van der Waals surface area contributed by atoms with Gasteiger partial charge in [0.2, 0.25) is 7.44 Å². The summed E-state index contributed by atoms with van der Waals surface area (Å²) in [5, 5.41) is 0. The molecular weight excluding hydrogens is 307 g/mol. The lowest BCUT2D eigenvalue weighted by molar-refractivity contribution is -0.123. The van der Waals surface area contributed by atoms with E-state index in [4.69, 9.17) is 0 Å². The molecule has 3 rings (SSSR count). The summed E-state index contributed by atoms with van der Waals surface area (Å²) in [6.07, 6.45) is 11.3. The fraction of sp³-hybridized carbons (Fsp3) is 0.833. The molecule has 5 heteroatoms. The summed E-state index contributed by atoms with van der Waals surface area (Å²) >= 11 is 0. The van der Waals surface area contributed by atoms with Crippen LogP contribution in [-0.4, -0.2) is 41.3 Å². The van der Waals surface area contributed by atoms with Gasteiger partial charge < -0.3 is 0 Å². The highest BCUT2D eigenvalue weighted by molar-refractivity contribution is 7.62. The number of rotatable bonds is 3. The number of ketones is 1. The van der Waals surface area contributed by atoms with Crippen molar-refractivity contribution < 1.29 is 9.36 Å². The van der Waals surface area contributed by atoms with E-state index in [-0.39, 0.29) is 5.41 Å². The monoisotopic (exact) mass is 338 g/mol. The van der Waals surface area contributed by atoms with Crippen molar-refractivity contribution >= 4 is 13.2 Å². The quantitative estimate of drug-likeness (QED) is 0.714. The molecule has 1 aliphatic heterocycles. The lowest BCUT2D eigenvalue weighted by Crippen LogP contribution is -2.37. The molecule has 0 radical (unpaired) electrons. The lowest BCUT2D eigenvalue weighted by atomic mass is 9.73. The molecule has 130 valence electrons. The number of fused-ring (bicyclic) bond motifs is 1. The lowest BCUT2D eigenvalue weighted by Gasteiger charge is -2.32. The minimum Gasteiger partial charge on any atom is -0.300 e. The predicted molar refractivity (Wildman–Crippen MR) is 94.5 cm³/mol. The Morgan fingerprint density at radius 1 is 1.17 bits per heavy atom. The highest BCUT2D eigenvalue weighted by atomic mass is 31.2. The Hall–Kier alpha value is -0.440. The molecule has 3 aliphatic rings. The van der Waals surface area contributed by atoms with Crippen molar-refractivity contribution in [2.75, 3.05) is 14.1 Å². The maximum absolute atomic E-state index is 13.6. The molecule has 1 saturated heterocycles. The highest BCUT2D eigenvalue weighted by Gasteiger charge is 2.50. The zero-order valence-electron chi connectivity index (χ0n) is 14.8. The fourth-order valence-corrected chi connectivity index (χ4v) is 7.47. The van der Waals surface area contributed by atoms with Crippen molar-refractivity contribution in [3.8, 4) is 0 Å². The van der Waals surface area contributed by atoms with Gasteiger partial charge in [-0.2, -0.15) is 0 Å². The number of carbonyl (C=O) groups is 1. The van der Waals surface area contributed by atoms with Crippen LogP contribution in [0.3, 0.4) is 0 Å². The van der Waals surface area contributed by atoms with Crippen molar-refractivity contribution in [3.63, 3.8) is 0 Å². The first-order valence-corrected chi connectivity index (χ1v) is 10.8. The summed E-state index contributed by atoms with van der Waals surface area (Å²) in [5.41, 5.74) is 0.0641. The second kappa shape index (κ2) is 6.46. The number of allylic oxidation sites excluding steroid dienone is 1. The van der Waals surface area contributed by atoms with E-state index in [1.165, 1.54) is 12.8 Å². The Balaban J connectivity index is 1.70. The minimum absolute atomic E-state index is 0.0641. The number of carbonyl (C=O) groups excluding carboxylic acids is 1. The molecular formula is C18H31N2O2P. The van der Waals surface area contributed by atoms with Crippen molar-refractivity contribution in [2.24, 2.45) is 5.41 Å². The van der Waals surface area contributed by atoms with Crippen LogP contribution in [0.25, 0.3) is 0 Å². The standard InChI is InChI=1S/C18H31N2O2P/c1-18(11-6-8-15(21)14-18)12-7-13-23(22)19(2)16-9-4-5-10-17(16)20(23)3/h7,13,16-17H,4-6,8-12,14H2,1-3H3/b13-7+/t16-,17-,18+/m1/s1. The van der Waals surface area contributed by atoms with Crippen molar-refractivity contribution in [3.05, 3.63) is 11.9 Å². The summed E-state index contributed by atoms with van der Waals surface area (Å²) in [7, 11) is 1.49. The highest BCUT2D eigenvalue weighted by Crippen LogP contribution is 2.63. The van der Waals surface area contributed by atoms with Crippen LogP contribution in [0, 0.1) is 5.41 Å². The molecule has 4 nitrogen and oxygen atoms in total. The molecule has 0 aromatic carbocycles. The molecule has 3 fully saturated rings. The molecule has 23 heavy (non-hydrogen) atoms. The van der Waals surface area contributed by atoms with Crippen LogP contribution in [0.2, 0.25) is 0 Å². The molecule has 0 N–H and O–H groups in total. The molecule has 0 bridgehead atoms. The van der Waals surface area contributed by atoms with E-state index in [1.54, 1.807) is 0 Å². The molecule has 0 unspecified atom stereocenters. The smallest absolute Gasteiger partial charge is 0.238 e. The summed E-state index contributed by atoms with van der Waals surface area (Å²) in [6.45, 7) is 2.20.